The maximum absolute atomic E-state index is 3.84. The van der Waals surface area contributed by atoms with Gasteiger partial charge in [-0.25, -0.2) is 0 Å². The highest BCUT2D eigenvalue weighted by atomic mass is 15.1. The van der Waals surface area contributed by atoms with E-state index in [1.54, 1.807) is 0 Å². The Morgan fingerprint density at radius 3 is 2.21 bits per heavy atom. The van der Waals surface area contributed by atoms with E-state index in [-0.39, 0.29) is 0 Å². The summed E-state index contributed by atoms with van der Waals surface area (Å²) in [6.07, 6.45) is 8.15. The first-order valence-electron chi connectivity index (χ1n) is 8.26. The third kappa shape index (κ3) is 5.83. The molecule has 0 amide bonds. The minimum absolute atomic E-state index is 0.543. The summed E-state index contributed by atoms with van der Waals surface area (Å²) < 4.78 is 0. The zero-order valence-electron chi connectivity index (χ0n) is 14.1. The second-order valence-corrected chi connectivity index (χ2v) is 7.55. The number of hydrogen-bond acceptors (Lipinski definition) is 2. The van der Waals surface area contributed by atoms with Gasteiger partial charge in [-0.15, -0.1) is 0 Å². The Morgan fingerprint density at radius 1 is 1.16 bits per heavy atom. The van der Waals surface area contributed by atoms with E-state index in [4.69, 9.17) is 0 Å². The fourth-order valence-electron chi connectivity index (χ4n) is 3.27. The third-order valence-corrected chi connectivity index (χ3v) is 5.27. The molecule has 0 heterocycles. The minimum Gasteiger partial charge on any atom is -0.311 e. The topological polar surface area (TPSA) is 15.3 Å². The fourth-order valence-corrected chi connectivity index (χ4v) is 3.27. The standard InChI is InChI=1S/C17H36N2/c1-7-17(3,4)15-8-10-16(11-9-15)18-14(2)12-13-19(5)6/h14-16,18H,7-13H2,1-6H3. The maximum Gasteiger partial charge on any atom is 0.00697 e. The molecule has 1 unspecified atom stereocenters. The zero-order valence-corrected chi connectivity index (χ0v) is 14.1. The largest absolute Gasteiger partial charge is 0.311 e. The molecule has 1 atom stereocenters. The summed E-state index contributed by atoms with van der Waals surface area (Å²) in [6, 6.07) is 1.42. The van der Waals surface area contributed by atoms with Gasteiger partial charge in [-0.1, -0.05) is 27.2 Å². The average molecular weight is 268 g/mol. The molecule has 0 radical (unpaired) electrons. The van der Waals surface area contributed by atoms with E-state index < -0.39 is 0 Å². The summed E-state index contributed by atoms with van der Waals surface area (Å²) in [7, 11) is 4.31. The van der Waals surface area contributed by atoms with Crippen molar-refractivity contribution in [2.75, 3.05) is 20.6 Å². The molecule has 114 valence electrons. The van der Waals surface area contributed by atoms with Crippen LogP contribution in [0.25, 0.3) is 0 Å². The van der Waals surface area contributed by atoms with Gasteiger partial charge < -0.3 is 10.2 Å². The lowest BCUT2D eigenvalue weighted by Crippen LogP contribution is -2.41. The average Bonchev–Trinajstić information content (AvgIpc) is 2.37. The molecule has 2 heteroatoms. The van der Waals surface area contributed by atoms with Crippen molar-refractivity contribution in [1.29, 1.82) is 0 Å². The van der Waals surface area contributed by atoms with E-state index >= 15 is 0 Å². The Labute approximate surface area is 121 Å². The Hall–Kier alpha value is -0.0800. The molecule has 1 N–H and O–H groups in total. The highest BCUT2D eigenvalue weighted by Crippen LogP contribution is 2.40. The lowest BCUT2D eigenvalue weighted by atomic mass is 9.69. The minimum atomic E-state index is 0.543. The van der Waals surface area contributed by atoms with Gasteiger partial charge in [-0.05, 0) is 71.0 Å². The van der Waals surface area contributed by atoms with Crippen LogP contribution in [0.3, 0.4) is 0 Å². The van der Waals surface area contributed by atoms with Crippen molar-refractivity contribution in [3.63, 3.8) is 0 Å². The van der Waals surface area contributed by atoms with Gasteiger partial charge in [0.15, 0.2) is 0 Å². The van der Waals surface area contributed by atoms with Crippen molar-refractivity contribution in [2.24, 2.45) is 11.3 Å². The van der Waals surface area contributed by atoms with Gasteiger partial charge in [0.05, 0.1) is 0 Å². The van der Waals surface area contributed by atoms with Crippen LogP contribution in [0.2, 0.25) is 0 Å². The van der Waals surface area contributed by atoms with Gasteiger partial charge in [0, 0.05) is 12.1 Å². The molecule has 0 bridgehead atoms. The van der Waals surface area contributed by atoms with Crippen molar-refractivity contribution in [3.05, 3.63) is 0 Å². The predicted octanol–water partition coefficient (Wildman–Crippen LogP) is 3.91. The Kier molecular flexibility index (Phi) is 6.82. The molecule has 1 aliphatic carbocycles. The van der Waals surface area contributed by atoms with Crippen LogP contribution < -0.4 is 5.32 Å². The number of nitrogens with zero attached hydrogens (tertiary/aromatic N) is 1. The van der Waals surface area contributed by atoms with Gasteiger partial charge in [0.25, 0.3) is 0 Å². The summed E-state index contributed by atoms with van der Waals surface area (Å²) in [6.45, 7) is 10.8. The van der Waals surface area contributed by atoms with Gasteiger partial charge in [0.2, 0.25) is 0 Å². The van der Waals surface area contributed by atoms with E-state index in [1.165, 1.54) is 45.1 Å². The summed E-state index contributed by atoms with van der Waals surface area (Å²) in [4.78, 5) is 2.28. The smallest absolute Gasteiger partial charge is 0.00697 e. The lowest BCUT2D eigenvalue weighted by Gasteiger charge is -2.39. The first kappa shape index (κ1) is 17.0. The first-order valence-corrected chi connectivity index (χ1v) is 8.26. The van der Waals surface area contributed by atoms with Crippen LogP contribution in [-0.4, -0.2) is 37.6 Å². The molecule has 0 aromatic carbocycles. The van der Waals surface area contributed by atoms with Crippen LogP contribution in [0.4, 0.5) is 0 Å². The van der Waals surface area contributed by atoms with Gasteiger partial charge in [0.1, 0.15) is 0 Å². The van der Waals surface area contributed by atoms with Crippen LogP contribution in [0.15, 0.2) is 0 Å². The van der Waals surface area contributed by atoms with Crippen LogP contribution in [0, 0.1) is 11.3 Å². The molecule has 2 nitrogen and oxygen atoms in total. The lowest BCUT2D eigenvalue weighted by molar-refractivity contribution is 0.133. The van der Waals surface area contributed by atoms with Gasteiger partial charge in [-0.2, -0.15) is 0 Å². The SMILES string of the molecule is CCC(C)(C)C1CCC(NC(C)CCN(C)C)CC1. The highest BCUT2D eigenvalue weighted by Gasteiger charge is 2.31. The number of rotatable bonds is 7. The van der Waals surface area contributed by atoms with Gasteiger partial charge >= 0.3 is 0 Å². The second kappa shape index (κ2) is 7.64. The quantitative estimate of drug-likeness (QED) is 0.753. The third-order valence-electron chi connectivity index (χ3n) is 5.27. The molecule has 1 aliphatic rings. The molecule has 1 fully saturated rings. The van der Waals surface area contributed by atoms with Crippen LogP contribution in [-0.2, 0) is 0 Å². The molecular weight excluding hydrogens is 232 g/mol. The molecule has 0 aliphatic heterocycles. The predicted molar refractivity (Wildman–Crippen MR) is 85.6 cm³/mol. The molecule has 1 rings (SSSR count). The van der Waals surface area contributed by atoms with E-state index in [2.05, 4.69) is 52.0 Å². The van der Waals surface area contributed by atoms with Crippen molar-refractivity contribution in [2.45, 2.75) is 78.3 Å². The first-order chi connectivity index (χ1) is 8.85. The molecule has 0 spiro atoms. The Morgan fingerprint density at radius 2 is 1.74 bits per heavy atom. The molecule has 1 saturated carbocycles. The molecule has 0 aromatic rings. The monoisotopic (exact) mass is 268 g/mol. The van der Waals surface area contributed by atoms with E-state index in [1.807, 2.05) is 0 Å². The van der Waals surface area contributed by atoms with E-state index in [9.17, 15) is 0 Å². The number of nitrogens with one attached hydrogen (secondary N) is 1. The van der Waals surface area contributed by atoms with Crippen LogP contribution in [0.5, 0.6) is 0 Å². The van der Waals surface area contributed by atoms with Gasteiger partial charge in [-0.3, -0.25) is 0 Å². The van der Waals surface area contributed by atoms with Crippen molar-refractivity contribution in [3.8, 4) is 0 Å². The molecular formula is C17H36N2. The van der Waals surface area contributed by atoms with Crippen LogP contribution >= 0.6 is 0 Å². The molecule has 0 saturated heterocycles. The fraction of sp³-hybridized carbons (Fsp3) is 1.00. The summed E-state index contributed by atoms with van der Waals surface area (Å²) in [5.41, 5.74) is 0.543. The van der Waals surface area contributed by atoms with Crippen molar-refractivity contribution < 1.29 is 0 Å². The number of hydrogen-bond donors (Lipinski definition) is 1. The maximum atomic E-state index is 3.84. The molecule has 19 heavy (non-hydrogen) atoms. The van der Waals surface area contributed by atoms with E-state index in [0.717, 1.165) is 12.0 Å². The van der Waals surface area contributed by atoms with Crippen LogP contribution in [0.1, 0.15) is 66.2 Å². The van der Waals surface area contributed by atoms with E-state index in [0.29, 0.717) is 11.5 Å². The van der Waals surface area contributed by atoms with Crippen molar-refractivity contribution >= 4 is 0 Å². The normalized spacial score (nSPS) is 26.7. The van der Waals surface area contributed by atoms with Crippen molar-refractivity contribution in [1.82, 2.24) is 10.2 Å². The molecule has 0 aromatic heterocycles. The Balaban J connectivity index is 2.26. The Bertz CT molecular complexity index is 240. The summed E-state index contributed by atoms with van der Waals surface area (Å²) in [5.74, 6) is 0.938. The highest BCUT2D eigenvalue weighted by molar-refractivity contribution is 4.85. The summed E-state index contributed by atoms with van der Waals surface area (Å²) in [5, 5.41) is 3.84. The second-order valence-electron chi connectivity index (χ2n) is 7.55. The summed E-state index contributed by atoms with van der Waals surface area (Å²) >= 11 is 0. The zero-order chi connectivity index (χ0) is 14.5.